The minimum atomic E-state index is -0.170. The van der Waals surface area contributed by atoms with Crippen molar-refractivity contribution in [2.24, 2.45) is 5.10 Å². The van der Waals surface area contributed by atoms with Crippen LogP contribution in [0.15, 0.2) is 81.9 Å². The summed E-state index contributed by atoms with van der Waals surface area (Å²) >= 11 is 3.60. The van der Waals surface area contributed by atoms with Crippen molar-refractivity contribution in [1.82, 2.24) is 0 Å². The fourth-order valence-corrected chi connectivity index (χ4v) is 4.18. The molecule has 0 aliphatic carbocycles. The number of benzene rings is 3. The summed E-state index contributed by atoms with van der Waals surface area (Å²) in [4.78, 5) is 13.1. The lowest BCUT2D eigenvalue weighted by Crippen LogP contribution is -2.21. The topological polar surface area (TPSA) is 60.4 Å². The van der Waals surface area contributed by atoms with Gasteiger partial charge in [0.05, 0.1) is 28.1 Å². The van der Waals surface area contributed by atoms with Gasteiger partial charge in [-0.25, -0.2) is 0 Å². The predicted molar refractivity (Wildman–Crippen MR) is 142 cm³/mol. The number of para-hydroxylation sites is 1. The molecule has 6 nitrogen and oxygen atoms in total. The normalized spacial score (nSPS) is 14.3. The number of anilines is 1. The number of rotatable bonds is 9. The van der Waals surface area contributed by atoms with Crippen LogP contribution in [0.3, 0.4) is 0 Å². The molecule has 0 radical (unpaired) electrons. The van der Waals surface area contributed by atoms with Gasteiger partial charge in [0.1, 0.15) is 19.0 Å². The summed E-state index contributed by atoms with van der Waals surface area (Å²) in [5, 5.41) is 5.87. The van der Waals surface area contributed by atoms with Crippen LogP contribution in [0, 0.1) is 6.92 Å². The third-order valence-electron chi connectivity index (χ3n) is 5.33. The van der Waals surface area contributed by atoms with Crippen molar-refractivity contribution >= 4 is 39.3 Å². The van der Waals surface area contributed by atoms with Crippen molar-refractivity contribution in [3.05, 3.63) is 87.9 Å². The molecule has 0 spiro atoms. The first-order chi connectivity index (χ1) is 17.0. The highest BCUT2D eigenvalue weighted by molar-refractivity contribution is 9.10. The molecule has 0 fully saturated rings. The fourth-order valence-electron chi connectivity index (χ4n) is 3.61. The highest BCUT2D eigenvalue weighted by atomic mass is 79.9. The zero-order chi connectivity index (χ0) is 24.8. The van der Waals surface area contributed by atoms with Gasteiger partial charge in [0.2, 0.25) is 0 Å². The van der Waals surface area contributed by atoms with E-state index in [1.54, 1.807) is 0 Å². The third kappa shape index (κ3) is 5.92. The van der Waals surface area contributed by atoms with Crippen molar-refractivity contribution in [3.63, 3.8) is 0 Å². The number of carbonyl (C=O) groups excluding carboxylic acids is 1. The van der Waals surface area contributed by atoms with E-state index in [2.05, 4.69) is 21.0 Å². The summed E-state index contributed by atoms with van der Waals surface area (Å²) in [7, 11) is 0. The monoisotopic (exact) mass is 534 g/mol. The van der Waals surface area contributed by atoms with Gasteiger partial charge in [-0.05, 0) is 84.7 Å². The molecule has 0 saturated carbocycles. The van der Waals surface area contributed by atoms with Crippen molar-refractivity contribution in [2.75, 3.05) is 24.8 Å². The SMILES string of the molecule is CCOc1cc(C=C2C(=O)N(c3ccccc3)N=C2C)cc(Br)c1OCCOc1ccc(C)cc1. The Balaban J connectivity index is 1.49. The van der Waals surface area contributed by atoms with E-state index in [9.17, 15) is 4.79 Å². The number of aryl methyl sites for hydroxylation is 1. The Morgan fingerprint density at radius 1 is 0.943 bits per heavy atom. The Hall–Kier alpha value is -3.58. The maximum absolute atomic E-state index is 13.1. The van der Waals surface area contributed by atoms with Gasteiger partial charge < -0.3 is 14.2 Å². The van der Waals surface area contributed by atoms with E-state index in [0.29, 0.717) is 42.6 Å². The second kappa shape index (κ2) is 11.2. The minimum Gasteiger partial charge on any atom is -0.490 e. The molecule has 1 heterocycles. The molecular formula is C28H27BrN2O4. The molecule has 1 aliphatic heterocycles. The number of carbonyl (C=O) groups is 1. The lowest BCUT2D eigenvalue weighted by Gasteiger charge is -2.15. The number of hydrogen-bond donors (Lipinski definition) is 0. The van der Waals surface area contributed by atoms with Crippen LogP contribution in [0.5, 0.6) is 17.2 Å². The summed E-state index contributed by atoms with van der Waals surface area (Å²) in [5.41, 5.74) is 3.90. The molecule has 3 aromatic carbocycles. The number of hydrazone groups is 1. The van der Waals surface area contributed by atoms with Crippen LogP contribution >= 0.6 is 15.9 Å². The number of halogens is 1. The average molecular weight is 535 g/mol. The van der Waals surface area contributed by atoms with Gasteiger partial charge in [-0.1, -0.05) is 35.9 Å². The smallest absolute Gasteiger partial charge is 0.280 e. The van der Waals surface area contributed by atoms with E-state index in [1.165, 1.54) is 10.6 Å². The summed E-state index contributed by atoms with van der Waals surface area (Å²) in [6, 6.07) is 21.0. The fraction of sp³-hybridized carbons (Fsp3) is 0.214. The second-order valence-corrected chi connectivity index (χ2v) is 8.82. The van der Waals surface area contributed by atoms with Gasteiger partial charge in [-0.3, -0.25) is 4.79 Å². The zero-order valence-corrected chi connectivity index (χ0v) is 21.5. The quantitative estimate of drug-likeness (QED) is 0.234. The second-order valence-electron chi connectivity index (χ2n) is 7.97. The van der Waals surface area contributed by atoms with Crippen molar-refractivity contribution < 1.29 is 19.0 Å². The van der Waals surface area contributed by atoms with Gasteiger partial charge in [-0.15, -0.1) is 0 Å². The zero-order valence-electron chi connectivity index (χ0n) is 20.0. The maximum Gasteiger partial charge on any atom is 0.280 e. The largest absolute Gasteiger partial charge is 0.490 e. The Kier molecular flexibility index (Phi) is 7.87. The third-order valence-corrected chi connectivity index (χ3v) is 5.91. The molecule has 0 atom stereocenters. The summed E-state index contributed by atoms with van der Waals surface area (Å²) in [5.74, 6) is 1.81. The van der Waals surface area contributed by atoms with E-state index >= 15 is 0 Å². The number of ether oxygens (including phenoxy) is 3. The van der Waals surface area contributed by atoms with E-state index in [1.807, 2.05) is 93.6 Å². The molecule has 1 amide bonds. The summed E-state index contributed by atoms with van der Waals surface area (Å²) in [6.07, 6.45) is 1.82. The molecule has 35 heavy (non-hydrogen) atoms. The van der Waals surface area contributed by atoms with Gasteiger partial charge in [0, 0.05) is 0 Å². The lowest BCUT2D eigenvalue weighted by molar-refractivity contribution is -0.114. The molecular weight excluding hydrogens is 508 g/mol. The Morgan fingerprint density at radius 3 is 2.37 bits per heavy atom. The standard InChI is InChI=1S/C28H27BrN2O4/c1-4-33-26-18-21(16-24-20(3)30-31(28(24)32)22-8-6-5-7-9-22)17-25(29)27(26)35-15-14-34-23-12-10-19(2)11-13-23/h5-13,16-18H,4,14-15H2,1-3H3. The molecule has 7 heteroatoms. The van der Waals surface area contributed by atoms with Crippen LogP contribution in [-0.2, 0) is 4.79 Å². The molecule has 0 N–H and O–H groups in total. The van der Waals surface area contributed by atoms with Gasteiger partial charge in [0.25, 0.3) is 5.91 Å². The molecule has 3 aromatic rings. The highest BCUT2D eigenvalue weighted by Gasteiger charge is 2.28. The number of amides is 1. The van der Waals surface area contributed by atoms with Crippen LogP contribution in [-0.4, -0.2) is 31.4 Å². The molecule has 4 rings (SSSR count). The van der Waals surface area contributed by atoms with Crippen LogP contribution in [0.1, 0.15) is 25.0 Å². The van der Waals surface area contributed by atoms with Gasteiger partial charge >= 0.3 is 0 Å². The van der Waals surface area contributed by atoms with Crippen molar-refractivity contribution in [3.8, 4) is 17.2 Å². The minimum absolute atomic E-state index is 0.170. The van der Waals surface area contributed by atoms with E-state index in [-0.39, 0.29) is 5.91 Å². The molecule has 0 unspecified atom stereocenters. The van der Waals surface area contributed by atoms with Gasteiger partial charge in [-0.2, -0.15) is 10.1 Å². The summed E-state index contributed by atoms with van der Waals surface area (Å²) < 4.78 is 18.3. The number of hydrogen-bond acceptors (Lipinski definition) is 5. The maximum atomic E-state index is 13.1. The van der Waals surface area contributed by atoms with E-state index in [0.717, 1.165) is 21.5 Å². The molecule has 0 saturated heterocycles. The molecule has 0 bridgehead atoms. The van der Waals surface area contributed by atoms with E-state index < -0.39 is 0 Å². The van der Waals surface area contributed by atoms with Crippen LogP contribution < -0.4 is 19.2 Å². The highest BCUT2D eigenvalue weighted by Crippen LogP contribution is 2.38. The van der Waals surface area contributed by atoms with Crippen molar-refractivity contribution in [2.45, 2.75) is 20.8 Å². The Labute approximate surface area is 213 Å². The van der Waals surface area contributed by atoms with Crippen LogP contribution in [0.4, 0.5) is 5.69 Å². The van der Waals surface area contributed by atoms with Gasteiger partial charge in [0.15, 0.2) is 11.5 Å². The Morgan fingerprint density at radius 2 is 1.66 bits per heavy atom. The first-order valence-electron chi connectivity index (χ1n) is 11.4. The van der Waals surface area contributed by atoms with Crippen LogP contribution in [0.2, 0.25) is 0 Å². The van der Waals surface area contributed by atoms with Crippen molar-refractivity contribution in [1.29, 1.82) is 0 Å². The summed E-state index contributed by atoms with van der Waals surface area (Å²) in [6.45, 7) is 7.00. The number of nitrogens with zero attached hydrogens (tertiary/aromatic N) is 2. The Bertz CT molecular complexity index is 1250. The van der Waals surface area contributed by atoms with Crippen LogP contribution in [0.25, 0.3) is 6.08 Å². The lowest BCUT2D eigenvalue weighted by atomic mass is 10.1. The predicted octanol–water partition coefficient (Wildman–Crippen LogP) is 6.42. The van der Waals surface area contributed by atoms with E-state index in [4.69, 9.17) is 14.2 Å². The molecule has 0 aromatic heterocycles. The molecule has 1 aliphatic rings. The average Bonchev–Trinajstić information content (AvgIpc) is 3.13. The first kappa shape index (κ1) is 24.5. The first-order valence-corrected chi connectivity index (χ1v) is 12.2. The molecule has 180 valence electrons.